The van der Waals surface area contributed by atoms with Gasteiger partial charge in [0.15, 0.2) is 17.4 Å². The second kappa shape index (κ2) is 31.7. The third-order valence-electron chi connectivity index (χ3n) is 8.17. The maximum absolute atomic E-state index is 12.9. The summed E-state index contributed by atoms with van der Waals surface area (Å²) in [6.07, 6.45) is 19.7. The van der Waals surface area contributed by atoms with Crippen LogP contribution in [0.15, 0.2) is 77.5 Å². The maximum atomic E-state index is 12.9. The highest BCUT2D eigenvalue weighted by Gasteiger charge is 2.25. The van der Waals surface area contributed by atoms with Gasteiger partial charge in [-0.1, -0.05) is 151 Å². The molecule has 0 aliphatic carbocycles. The number of carbonyl (C=O) groups excluding carboxylic acids is 3. The molecular weight excluding hydrogens is 669 g/mol. The van der Waals surface area contributed by atoms with Crippen LogP contribution in [0, 0.1) is 11.3 Å². The Bertz CT molecular complexity index is 1320. The molecule has 0 radical (unpaired) electrons. The van der Waals surface area contributed by atoms with Crippen molar-refractivity contribution in [2.75, 3.05) is 25.0 Å². The van der Waals surface area contributed by atoms with Gasteiger partial charge in [0.1, 0.15) is 0 Å². The van der Waals surface area contributed by atoms with E-state index in [4.69, 9.17) is 0 Å². The lowest BCUT2D eigenvalue weighted by atomic mass is 9.92. The maximum Gasteiger partial charge on any atom is 0.251 e. The van der Waals surface area contributed by atoms with Gasteiger partial charge in [-0.05, 0) is 81.1 Å². The predicted molar refractivity (Wildman–Crippen MR) is 236 cm³/mol. The van der Waals surface area contributed by atoms with Crippen molar-refractivity contribution in [3.05, 3.63) is 78.1 Å². The van der Waals surface area contributed by atoms with Crippen molar-refractivity contribution in [3.63, 3.8) is 0 Å². The van der Waals surface area contributed by atoms with Gasteiger partial charge in [-0.3, -0.25) is 19.3 Å². The molecule has 0 spiro atoms. The van der Waals surface area contributed by atoms with Crippen LogP contribution >= 0.6 is 0 Å². The Kier molecular flexibility index (Phi) is 30.9. The number of unbranched alkanes of at least 4 members (excludes halogenated alkanes) is 2. The molecule has 1 aromatic carbocycles. The largest absolute Gasteiger partial charge is 0.352 e. The minimum atomic E-state index is -0.216. The normalized spacial score (nSPS) is 13.3. The van der Waals surface area contributed by atoms with Crippen LogP contribution in [-0.2, 0) is 14.4 Å². The van der Waals surface area contributed by atoms with Crippen LogP contribution in [0.3, 0.4) is 0 Å². The van der Waals surface area contributed by atoms with Gasteiger partial charge in [-0.2, -0.15) is 0 Å². The Morgan fingerprint density at radius 3 is 2.02 bits per heavy atom. The molecule has 0 saturated carbocycles. The molecule has 2 N–H and O–H groups in total. The smallest absolute Gasteiger partial charge is 0.251 e. The van der Waals surface area contributed by atoms with E-state index in [1.807, 2.05) is 57.2 Å². The van der Waals surface area contributed by atoms with Gasteiger partial charge < -0.3 is 10.6 Å². The topological polar surface area (TPSA) is 90.9 Å². The van der Waals surface area contributed by atoms with Gasteiger partial charge in [0.2, 0.25) is 0 Å². The average Bonchev–Trinajstić information content (AvgIpc) is 3.11. The molecule has 54 heavy (non-hydrogen) atoms. The van der Waals surface area contributed by atoms with Gasteiger partial charge in [0, 0.05) is 36.8 Å². The zero-order valence-corrected chi connectivity index (χ0v) is 36.9. The van der Waals surface area contributed by atoms with Crippen molar-refractivity contribution in [1.29, 1.82) is 0 Å². The van der Waals surface area contributed by atoms with E-state index in [1.165, 1.54) is 26.2 Å². The van der Waals surface area contributed by atoms with Crippen molar-refractivity contribution in [1.82, 2.24) is 10.2 Å². The summed E-state index contributed by atoms with van der Waals surface area (Å²) in [6.45, 7) is 33.1. The first-order valence-corrected chi connectivity index (χ1v) is 20.8. The van der Waals surface area contributed by atoms with Crippen LogP contribution in [0.5, 0.6) is 0 Å². The zero-order valence-electron chi connectivity index (χ0n) is 36.9. The molecule has 2 unspecified atom stereocenters. The van der Waals surface area contributed by atoms with E-state index in [9.17, 15) is 14.4 Å². The fourth-order valence-corrected chi connectivity index (χ4v) is 5.45. The van der Waals surface area contributed by atoms with E-state index in [1.54, 1.807) is 12.2 Å². The summed E-state index contributed by atoms with van der Waals surface area (Å²) in [5.41, 5.74) is 3.52. The molecular formula is C47H80N4O3. The van der Waals surface area contributed by atoms with E-state index in [-0.39, 0.29) is 28.9 Å². The molecule has 7 nitrogen and oxygen atoms in total. The molecule has 1 aromatic rings. The standard InChI is InChI=1S/C26H41N3O2.C18H31NO.C3H8/c1-7-11-12-19-29(18-9-3)25(24(31)10-4)22-14-16-23(17-15-22)28-26(21(6)30)27-20(5)13-8-2;1-7-10-15(3)14-19-17(20)16(11-8-2)12-9-13-18(4,5)6;1-3-2/h13-17,25H,7-12,18-19H2,1-6H3,(H,27,28);8-9,11-12,15H,2,7,10,13-14H2,1,3-6H3,(H,19,20);3H2,1-2H3/b20-13-;12-9-,16-11+;. The fourth-order valence-electron chi connectivity index (χ4n) is 5.45. The summed E-state index contributed by atoms with van der Waals surface area (Å²) in [4.78, 5) is 43.7. The summed E-state index contributed by atoms with van der Waals surface area (Å²) in [5.74, 6) is 0.961. The van der Waals surface area contributed by atoms with E-state index in [0.29, 0.717) is 23.7 Å². The molecule has 0 bridgehead atoms. The van der Waals surface area contributed by atoms with E-state index in [0.717, 1.165) is 75.1 Å². The van der Waals surface area contributed by atoms with E-state index in [2.05, 4.69) is 95.5 Å². The van der Waals surface area contributed by atoms with Crippen LogP contribution in [0.1, 0.15) is 166 Å². The molecule has 0 aliphatic rings. The number of benzene rings is 1. The number of hydrogen-bond acceptors (Lipinski definition) is 5. The van der Waals surface area contributed by atoms with Crippen LogP contribution in [0.2, 0.25) is 0 Å². The minimum absolute atomic E-state index is 0.0157. The second-order valence-electron chi connectivity index (χ2n) is 15.3. The fraction of sp³-hybridized carbons (Fsp3) is 0.617. The molecule has 1 amide bonds. The number of rotatable bonds is 22. The number of ketones is 2. The van der Waals surface area contributed by atoms with E-state index < -0.39 is 0 Å². The summed E-state index contributed by atoms with van der Waals surface area (Å²) in [5, 5.41) is 6.13. The van der Waals surface area contributed by atoms with Gasteiger partial charge in [-0.25, -0.2) is 4.99 Å². The molecule has 0 saturated heterocycles. The molecule has 0 aliphatic heterocycles. The first-order chi connectivity index (χ1) is 25.6. The number of nitrogens with one attached hydrogen (secondary N) is 2. The summed E-state index contributed by atoms with van der Waals surface area (Å²) >= 11 is 0. The van der Waals surface area contributed by atoms with Crippen molar-refractivity contribution < 1.29 is 14.4 Å². The number of carbonyl (C=O) groups is 3. The number of amidine groups is 1. The molecule has 0 aromatic heterocycles. The first-order valence-electron chi connectivity index (χ1n) is 20.8. The molecule has 7 heteroatoms. The number of hydrogen-bond donors (Lipinski definition) is 2. The number of allylic oxidation sites excluding steroid dienone is 5. The monoisotopic (exact) mass is 749 g/mol. The average molecular weight is 749 g/mol. The van der Waals surface area contributed by atoms with Gasteiger partial charge >= 0.3 is 0 Å². The molecule has 0 fully saturated rings. The molecule has 306 valence electrons. The Balaban J connectivity index is 0. The highest BCUT2D eigenvalue weighted by molar-refractivity contribution is 6.42. The minimum Gasteiger partial charge on any atom is -0.352 e. The van der Waals surface area contributed by atoms with Crippen molar-refractivity contribution in [2.24, 2.45) is 16.3 Å². The summed E-state index contributed by atoms with van der Waals surface area (Å²) < 4.78 is 0. The lowest BCUT2D eigenvalue weighted by molar-refractivity contribution is -0.124. The zero-order chi connectivity index (χ0) is 41.5. The Morgan fingerprint density at radius 1 is 0.907 bits per heavy atom. The van der Waals surface area contributed by atoms with Crippen LogP contribution in [0.4, 0.5) is 5.69 Å². The Morgan fingerprint density at radius 2 is 1.54 bits per heavy atom. The van der Waals surface area contributed by atoms with Gasteiger partial charge in [0.25, 0.3) is 5.91 Å². The molecule has 2 atom stereocenters. The lowest BCUT2D eigenvalue weighted by Gasteiger charge is -2.31. The van der Waals surface area contributed by atoms with E-state index >= 15 is 0 Å². The Hall–Kier alpha value is -3.58. The van der Waals surface area contributed by atoms with Gasteiger partial charge in [0.05, 0.1) is 6.04 Å². The van der Waals surface area contributed by atoms with Crippen molar-refractivity contribution in [2.45, 2.75) is 160 Å². The summed E-state index contributed by atoms with van der Waals surface area (Å²) in [7, 11) is 0. The predicted octanol–water partition coefficient (Wildman–Crippen LogP) is 12.4. The van der Waals surface area contributed by atoms with Crippen LogP contribution < -0.4 is 10.6 Å². The number of amides is 1. The van der Waals surface area contributed by atoms with Crippen LogP contribution in [0.25, 0.3) is 0 Å². The number of Topliss-reactive ketones (excluding diaryl/α,β-unsaturated/α-hetero) is 2. The summed E-state index contributed by atoms with van der Waals surface area (Å²) in [6, 6.07) is 7.63. The van der Waals surface area contributed by atoms with Crippen molar-refractivity contribution >= 4 is 29.0 Å². The Labute approximate surface area is 332 Å². The SMILES string of the molecule is C=C/C=C(\C=C/CC(C)(C)C)C(=O)NCC(C)CCC.CC/C=C(/C)N=C(Nc1ccc(C(C(=O)CC)N(CCC)CCCCC)cc1)C(C)=O.CCC. The van der Waals surface area contributed by atoms with Crippen LogP contribution in [-0.4, -0.2) is 47.8 Å². The number of nitrogens with zero attached hydrogens (tertiary/aromatic N) is 2. The highest BCUT2D eigenvalue weighted by atomic mass is 16.2. The third-order valence-corrected chi connectivity index (χ3v) is 8.17. The molecule has 0 heterocycles. The third kappa shape index (κ3) is 25.4. The lowest BCUT2D eigenvalue weighted by Crippen LogP contribution is -2.35. The number of aliphatic imine (C=N–C) groups is 1. The highest BCUT2D eigenvalue weighted by Crippen LogP contribution is 2.26. The quantitative estimate of drug-likeness (QED) is 0.0405. The van der Waals surface area contributed by atoms with Crippen molar-refractivity contribution in [3.8, 4) is 0 Å². The number of anilines is 1. The molecule has 1 rings (SSSR count). The second-order valence-corrected chi connectivity index (χ2v) is 15.3. The first kappa shape index (κ1) is 52.5. The van der Waals surface area contributed by atoms with Gasteiger partial charge in [-0.15, -0.1) is 0 Å².